The van der Waals surface area contributed by atoms with Gasteiger partial charge in [-0.2, -0.15) is 20.1 Å². The minimum atomic E-state index is 0.0587. The van der Waals surface area contributed by atoms with Gasteiger partial charge in [0.15, 0.2) is 0 Å². The van der Waals surface area contributed by atoms with Crippen LogP contribution in [-0.2, 0) is 6.42 Å². The maximum Gasteiger partial charge on any atom is 0.0929 e. The molecule has 0 amide bonds. The predicted molar refractivity (Wildman–Crippen MR) is 58.0 cm³/mol. The van der Waals surface area contributed by atoms with Crippen LogP contribution in [0, 0.1) is 0 Å². The highest BCUT2D eigenvalue weighted by Crippen LogP contribution is 2.17. The molecule has 0 aliphatic carbocycles. The molecule has 0 aliphatic heterocycles. The van der Waals surface area contributed by atoms with E-state index in [1.54, 1.807) is 17.5 Å². The van der Waals surface area contributed by atoms with Crippen molar-refractivity contribution in [3.63, 3.8) is 0 Å². The van der Waals surface area contributed by atoms with Crippen LogP contribution < -0.4 is 11.3 Å². The normalized spacial score (nSPS) is 12.9. The van der Waals surface area contributed by atoms with E-state index in [4.69, 9.17) is 5.84 Å². The molecule has 2 aromatic rings. The molecular weight excluding hydrogens is 216 g/mol. The first kappa shape index (κ1) is 9.72. The zero-order valence-electron chi connectivity index (χ0n) is 7.38. The van der Waals surface area contributed by atoms with Crippen LogP contribution in [0.1, 0.15) is 17.3 Å². The predicted octanol–water partition coefficient (Wildman–Crippen LogP) is 1.35. The van der Waals surface area contributed by atoms with Crippen LogP contribution in [0.15, 0.2) is 23.0 Å². The summed E-state index contributed by atoms with van der Waals surface area (Å²) < 4.78 is 8.12. The Balaban J connectivity index is 2.08. The molecule has 1 atom stereocenters. The summed E-state index contributed by atoms with van der Waals surface area (Å²) >= 11 is 2.89. The number of nitrogens with two attached hydrogens (primary N) is 1. The summed E-state index contributed by atoms with van der Waals surface area (Å²) in [6.07, 6.45) is 2.60. The van der Waals surface area contributed by atoms with E-state index >= 15 is 0 Å². The lowest BCUT2D eigenvalue weighted by atomic mass is 10.1. The first-order valence-corrected chi connectivity index (χ1v) is 5.82. The number of nitrogens with one attached hydrogen (secondary N) is 1. The van der Waals surface area contributed by atoms with E-state index in [9.17, 15) is 0 Å². The van der Waals surface area contributed by atoms with Gasteiger partial charge in [0.1, 0.15) is 0 Å². The number of aromatic nitrogens is 2. The molecule has 0 bridgehead atoms. The standard InChI is InChI=1S/C8H10N4S2/c9-11-7(8-4-10-14-12-8)3-6-1-2-13-5-6/h1-2,4-5,7,11H,3,9H2. The van der Waals surface area contributed by atoms with Crippen molar-refractivity contribution in [1.29, 1.82) is 0 Å². The average Bonchev–Trinajstić information content (AvgIpc) is 2.86. The molecule has 0 saturated carbocycles. The van der Waals surface area contributed by atoms with Crippen molar-refractivity contribution in [2.24, 2.45) is 5.84 Å². The van der Waals surface area contributed by atoms with E-state index < -0.39 is 0 Å². The van der Waals surface area contributed by atoms with Gasteiger partial charge in [-0.1, -0.05) is 0 Å². The van der Waals surface area contributed by atoms with Crippen LogP contribution in [0.3, 0.4) is 0 Å². The second-order valence-electron chi connectivity index (χ2n) is 2.89. The zero-order valence-corrected chi connectivity index (χ0v) is 9.02. The van der Waals surface area contributed by atoms with Gasteiger partial charge in [0.25, 0.3) is 0 Å². The van der Waals surface area contributed by atoms with E-state index in [1.165, 1.54) is 17.3 Å². The van der Waals surface area contributed by atoms with Crippen LogP contribution in [0.2, 0.25) is 0 Å². The number of hydrogen-bond acceptors (Lipinski definition) is 6. The third kappa shape index (κ3) is 2.16. The molecule has 0 fully saturated rings. The molecule has 74 valence electrons. The van der Waals surface area contributed by atoms with Crippen molar-refractivity contribution >= 4 is 23.1 Å². The third-order valence-corrected chi connectivity index (χ3v) is 3.18. The van der Waals surface area contributed by atoms with Gasteiger partial charge in [-0.05, 0) is 28.8 Å². The van der Waals surface area contributed by atoms with Crippen molar-refractivity contribution in [2.75, 3.05) is 0 Å². The Hall–Kier alpha value is -0.820. The fourth-order valence-electron chi connectivity index (χ4n) is 1.22. The van der Waals surface area contributed by atoms with Gasteiger partial charge in [-0.3, -0.25) is 11.3 Å². The Bertz CT molecular complexity index is 357. The SMILES string of the molecule is NNC(Cc1ccsc1)c1cnsn1. The molecule has 2 aromatic heterocycles. The van der Waals surface area contributed by atoms with Gasteiger partial charge in [0.05, 0.1) is 29.7 Å². The van der Waals surface area contributed by atoms with Crippen molar-refractivity contribution < 1.29 is 0 Å². The Morgan fingerprint density at radius 1 is 1.57 bits per heavy atom. The fraction of sp³-hybridized carbons (Fsp3) is 0.250. The topological polar surface area (TPSA) is 63.8 Å². The van der Waals surface area contributed by atoms with E-state index in [0.717, 1.165) is 12.1 Å². The van der Waals surface area contributed by atoms with Crippen LogP contribution in [0.5, 0.6) is 0 Å². The molecule has 2 rings (SSSR count). The zero-order chi connectivity index (χ0) is 9.80. The Kier molecular flexibility index (Phi) is 3.20. The fourth-order valence-corrected chi connectivity index (χ4v) is 2.37. The molecule has 14 heavy (non-hydrogen) atoms. The summed E-state index contributed by atoms with van der Waals surface area (Å²) in [6.45, 7) is 0. The summed E-state index contributed by atoms with van der Waals surface area (Å²) in [4.78, 5) is 0. The maximum atomic E-state index is 5.47. The number of hydrazine groups is 1. The van der Waals surface area contributed by atoms with Gasteiger partial charge < -0.3 is 0 Å². The molecule has 0 spiro atoms. The van der Waals surface area contributed by atoms with Crippen molar-refractivity contribution in [3.05, 3.63) is 34.3 Å². The molecule has 3 N–H and O–H groups in total. The maximum absolute atomic E-state index is 5.47. The van der Waals surface area contributed by atoms with Crippen LogP contribution in [-0.4, -0.2) is 8.75 Å². The van der Waals surface area contributed by atoms with E-state index in [-0.39, 0.29) is 6.04 Å². The molecular formula is C8H10N4S2. The van der Waals surface area contributed by atoms with E-state index in [2.05, 4.69) is 31.0 Å². The first-order valence-electron chi connectivity index (χ1n) is 4.15. The first-order chi connectivity index (χ1) is 6.90. The Labute approximate surface area is 90.1 Å². The summed E-state index contributed by atoms with van der Waals surface area (Å²) in [5.41, 5.74) is 4.93. The molecule has 1 unspecified atom stereocenters. The van der Waals surface area contributed by atoms with Gasteiger partial charge in [0, 0.05) is 0 Å². The second kappa shape index (κ2) is 4.61. The lowest BCUT2D eigenvalue weighted by Crippen LogP contribution is -2.29. The highest BCUT2D eigenvalue weighted by atomic mass is 32.1. The minimum absolute atomic E-state index is 0.0587. The van der Waals surface area contributed by atoms with Gasteiger partial charge in [0.2, 0.25) is 0 Å². The average molecular weight is 226 g/mol. The van der Waals surface area contributed by atoms with Crippen LogP contribution in [0.4, 0.5) is 0 Å². The van der Waals surface area contributed by atoms with E-state index in [1.807, 2.05) is 0 Å². The molecule has 2 heterocycles. The quantitative estimate of drug-likeness (QED) is 0.610. The largest absolute Gasteiger partial charge is 0.271 e. The Morgan fingerprint density at radius 2 is 2.50 bits per heavy atom. The second-order valence-corrected chi connectivity index (χ2v) is 4.22. The summed E-state index contributed by atoms with van der Waals surface area (Å²) in [5, 5.41) is 4.17. The highest BCUT2D eigenvalue weighted by Gasteiger charge is 2.13. The summed E-state index contributed by atoms with van der Waals surface area (Å²) in [5.74, 6) is 5.47. The lowest BCUT2D eigenvalue weighted by Gasteiger charge is -2.11. The monoisotopic (exact) mass is 226 g/mol. The summed E-state index contributed by atoms with van der Waals surface area (Å²) in [7, 11) is 0. The number of rotatable bonds is 4. The highest BCUT2D eigenvalue weighted by molar-refractivity contribution is 7.07. The smallest absolute Gasteiger partial charge is 0.0929 e. The Morgan fingerprint density at radius 3 is 3.07 bits per heavy atom. The molecule has 4 nitrogen and oxygen atoms in total. The summed E-state index contributed by atoms with van der Waals surface area (Å²) in [6, 6.07) is 2.15. The lowest BCUT2D eigenvalue weighted by molar-refractivity contribution is 0.542. The molecule has 6 heteroatoms. The molecule has 0 aromatic carbocycles. The minimum Gasteiger partial charge on any atom is -0.271 e. The molecule has 0 saturated heterocycles. The number of hydrogen-bond donors (Lipinski definition) is 2. The van der Waals surface area contributed by atoms with Crippen molar-refractivity contribution in [1.82, 2.24) is 14.2 Å². The van der Waals surface area contributed by atoms with Crippen LogP contribution >= 0.6 is 23.1 Å². The van der Waals surface area contributed by atoms with Gasteiger partial charge in [-0.25, -0.2) is 0 Å². The number of nitrogens with zero attached hydrogens (tertiary/aromatic N) is 2. The van der Waals surface area contributed by atoms with Crippen molar-refractivity contribution in [2.45, 2.75) is 12.5 Å². The van der Waals surface area contributed by atoms with Crippen molar-refractivity contribution in [3.8, 4) is 0 Å². The van der Waals surface area contributed by atoms with Crippen LogP contribution in [0.25, 0.3) is 0 Å². The third-order valence-electron chi connectivity index (χ3n) is 1.96. The molecule has 0 radical (unpaired) electrons. The van der Waals surface area contributed by atoms with Gasteiger partial charge >= 0.3 is 0 Å². The van der Waals surface area contributed by atoms with E-state index in [0.29, 0.717) is 0 Å². The van der Waals surface area contributed by atoms with Gasteiger partial charge in [-0.15, -0.1) is 0 Å². The number of thiophene rings is 1. The molecule has 0 aliphatic rings.